The molecule has 13 heavy (non-hydrogen) atoms. The molecule has 0 bridgehead atoms. The molecule has 0 aliphatic rings. The van der Waals surface area contributed by atoms with Gasteiger partial charge < -0.3 is 5.73 Å². The van der Waals surface area contributed by atoms with Crippen LogP contribution in [0.4, 0.5) is 0 Å². The van der Waals surface area contributed by atoms with E-state index >= 15 is 0 Å². The Morgan fingerprint density at radius 1 is 1.69 bits per heavy atom. The minimum atomic E-state index is 0.188. The Kier molecular flexibility index (Phi) is 3.39. The number of rotatable bonds is 2. The van der Waals surface area contributed by atoms with Crippen LogP contribution in [0.3, 0.4) is 0 Å². The third-order valence-electron chi connectivity index (χ3n) is 1.52. The summed E-state index contributed by atoms with van der Waals surface area (Å²) in [6, 6.07) is 2.06. The van der Waals surface area contributed by atoms with Crippen molar-refractivity contribution in [3.63, 3.8) is 0 Å². The molecule has 3 N–H and O–H groups in total. The lowest BCUT2D eigenvalue weighted by atomic mass is 10.2. The Morgan fingerprint density at radius 2 is 2.38 bits per heavy atom. The summed E-state index contributed by atoms with van der Waals surface area (Å²) in [5, 5.41) is 6.26. The predicted octanol–water partition coefficient (Wildman–Crippen LogP) is 1.61. The highest BCUT2D eigenvalue weighted by Gasteiger charge is 2.02. The minimum absolute atomic E-state index is 0.188. The summed E-state index contributed by atoms with van der Waals surface area (Å²) in [5.74, 6) is 0. The van der Waals surface area contributed by atoms with Gasteiger partial charge in [-0.25, -0.2) is 0 Å². The molecule has 1 rings (SSSR count). The van der Waals surface area contributed by atoms with E-state index in [2.05, 4.69) is 28.8 Å². The number of hydrazone groups is 1. The Hall–Kier alpha value is -0.940. The van der Waals surface area contributed by atoms with Crippen molar-refractivity contribution >= 4 is 34.4 Å². The molecule has 0 saturated heterocycles. The van der Waals surface area contributed by atoms with Crippen LogP contribution in [0.5, 0.6) is 0 Å². The molecule has 0 fully saturated rings. The molecule has 1 heterocycles. The van der Waals surface area contributed by atoms with Crippen LogP contribution in [0.25, 0.3) is 0 Å². The molecule has 0 aliphatic carbocycles. The van der Waals surface area contributed by atoms with Crippen molar-refractivity contribution in [2.45, 2.75) is 13.8 Å². The first kappa shape index (κ1) is 10.1. The van der Waals surface area contributed by atoms with E-state index in [1.807, 2.05) is 19.2 Å². The summed E-state index contributed by atoms with van der Waals surface area (Å²) < 4.78 is 0. The zero-order chi connectivity index (χ0) is 9.84. The molecule has 5 heteroatoms. The van der Waals surface area contributed by atoms with E-state index in [1.165, 1.54) is 5.56 Å². The van der Waals surface area contributed by atoms with Crippen molar-refractivity contribution < 1.29 is 0 Å². The molecule has 1 aromatic heterocycles. The lowest BCUT2D eigenvalue weighted by Crippen LogP contribution is -2.25. The summed E-state index contributed by atoms with van der Waals surface area (Å²) in [5.41, 5.74) is 9.94. The van der Waals surface area contributed by atoms with Gasteiger partial charge in [0, 0.05) is 0 Å². The third kappa shape index (κ3) is 2.78. The number of hydrogen-bond donors (Lipinski definition) is 2. The maximum absolute atomic E-state index is 5.25. The van der Waals surface area contributed by atoms with E-state index in [-0.39, 0.29) is 5.11 Å². The highest BCUT2D eigenvalue weighted by atomic mass is 32.1. The van der Waals surface area contributed by atoms with Crippen LogP contribution in [-0.4, -0.2) is 10.8 Å². The highest BCUT2D eigenvalue weighted by molar-refractivity contribution is 7.80. The average Bonchev–Trinajstić information content (AvgIpc) is 2.47. The number of nitrogens with one attached hydrogen (secondary N) is 1. The van der Waals surface area contributed by atoms with Crippen LogP contribution < -0.4 is 11.2 Å². The fourth-order valence-electron chi connectivity index (χ4n) is 0.933. The van der Waals surface area contributed by atoms with Crippen LogP contribution in [0.1, 0.15) is 17.4 Å². The van der Waals surface area contributed by atoms with Gasteiger partial charge in [0.2, 0.25) is 0 Å². The second-order valence-corrected chi connectivity index (χ2v) is 3.96. The first-order valence-corrected chi connectivity index (χ1v) is 5.04. The van der Waals surface area contributed by atoms with E-state index in [1.54, 1.807) is 11.3 Å². The van der Waals surface area contributed by atoms with Crippen molar-refractivity contribution in [3.8, 4) is 0 Å². The van der Waals surface area contributed by atoms with Gasteiger partial charge in [0.25, 0.3) is 0 Å². The smallest absolute Gasteiger partial charge is 0.184 e. The highest BCUT2D eigenvalue weighted by Crippen LogP contribution is 2.15. The molecule has 0 aromatic carbocycles. The molecule has 70 valence electrons. The molecule has 0 spiro atoms. The SMILES string of the molecule is CC(=NNC(N)=S)c1sccc1C. The molecule has 0 amide bonds. The van der Waals surface area contributed by atoms with Gasteiger partial charge in [-0.1, -0.05) is 0 Å². The summed E-state index contributed by atoms with van der Waals surface area (Å²) >= 11 is 6.29. The molecule has 0 atom stereocenters. The lowest BCUT2D eigenvalue weighted by molar-refractivity contribution is 1.03. The number of nitrogens with two attached hydrogens (primary N) is 1. The second-order valence-electron chi connectivity index (χ2n) is 2.61. The number of thiocarbonyl (C=S) groups is 1. The Balaban J connectivity index is 2.78. The Morgan fingerprint density at radius 3 is 2.85 bits per heavy atom. The molecular formula is C8H11N3S2. The molecule has 0 radical (unpaired) electrons. The second kappa shape index (κ2) is 4.34. The third-order valence-corrected chi connectivity index (χ3v) is 2.74. The number of aryl methyl sites for hydroxylation is 1. The van der Waals surface area contributed by atoms with Gasteiger partial charge in [0.05, 0.1) is 10.6 Å². The summed E-state index contributed by atoms with van der Waals surface area (Å²) in [6.07, 6.45) is 0. The number of hydrogen-bond acceptors (Lipinski definition) is 3. The zero-order valence-electron chi connectivity index (χ0n) is 7.50. The fourth-order valence-corrected chi connectivity index (χ4v) is 1.86. The number of thiophene rings is 1. The molecule has 3 nitrogen and oxygen atoms in total. The van der Waals surface area contributed by atoms with E-state index in [0.29, 0.717) is 0 Å². The van der Waals surface area contributed by atoms with E-state index < -0.39 is 0 Å². The van der Waals surface area contributed by atoms with Gasteiger partial charge in [0.15, 0.2) is 5.11 Å². The lowest BCUT2D eigenvalue weighted by Gasteiger charge is -1.99. The molecule has 1 aromatic rings. The maximum atomic E-state index is 5.25. The van der Waals surface area contributed by atoms with Gasteiger partial charge in [-0.2, -0.15) is 5.10 Å². The molecule has 0 unspecified atom stereocenters. The van der Waals surface area contributed by atoms with Crippen LogP contribution >= 0.6 is 23.6 Å². The fraction of sp³-hybridized carbons (Fsp3) is 0.250. The first-order chi connectivity index (χ1) is 6.11. The van der Waals surface area contributed by atoms with E-state index in [0.717, 1.165) is 10.6 Å². The summed E-state index contributed by atoms with van der Waals surface area (Å²) in [4.78, 5) is 1.16. The van der Waals surface area contributed by atoms with Gasteiger partial charge in [0.1, 0.15) is 0 Å². The zero-order valence-corrected chi connectivity index (χ0v) is 9.13. The van der Waals surface area contributed by atoms with Crippen molar-refractivity contribution in [1.82, 2.24) is 5.43 Å². The van der Waals surface area contributed by atoms with E-state index in [9.17, 15) is 0 Å². The average molecular weight is 213 g/mol. The Labute approximate surface area is 86.6 Å². The Bertz CT molecular complexity index is 341. The topological polar surface area (TPSA) is 50.4 Å². The van der Waals surface area contributed by atoms with Gasteiger partial charge >= 0.3 is 0 Å². The normalized spacial score (nSPS) is 11.4. The summed E-state index contributed by atoms with van der Waals surface area (Å²) in [7, 11) is 0. The maximum Gasteiger partial charge on any atom is 0.184 e. The first-order valence-electron chi connectivity index (χ1n) is 3.75. The number of nitrogens with zero attached hydrogens (tertiary/aromatic N) is 1. The van der Waals surface area contributed by atoms with Crippen molar-refractivity contribution in [2.24, 2.45) is 10.8 Å². The van der Waals surface area contributed by atoms with E-state index in [4.69, 9.17) is 5.73 Å². The van der Waals surface area contributed by atoms with Gasteiger partial charge in [-0.15, -0.1) is 11.3 Å². The standard InChI is InChI=1S/C8H11N3S2/c1-5-3-4-13-7(5)6(2)10-11-8(9)12/h3-4H,1-2H3,(H3,9,11,12). The van der Waals surface area contributed by atoms with Crippen LogP contribution in [0.2, 0.25) is 0 Å². The monoisotopic (exact) mass is 213 g/mol. The summed E-state index contributed by atoms with van der Waals surface area (Å²) in [6.45, 7) is 3.97. The molecular weight excluding hydrogens is 202 g/mol. The van der Waals surface area contributed by atoms with Crippen molar-refractivity contribution in [2.75, 3.05) is 0 Å². The van der Waals surface area contributed by atoms with Crippen LogP contribution in [-0.2, 0) is 0 Å². The quantitative estimate of drug-likeness (QED) is 0.446. The van der Waals surface area contributed by atoms with Gasteiger partial charge in [-0.3, -0.25) is 5.43 Å². The predicted molar refractivity (Wildman–Crippen MR) is 61.2 cm³/mol. The van der Waals surface area contributed by atoms with Crippen LogP contribution in [0, 0.1) is 6.92 Å². The largest absolute Gasteiger partial charge is 0.375 e. The van der Waals surface area contributed by atoms with Crippen molar-refractivity contribution in [3.05, 3.63) is 21.9 Å². The van der Waals surface area contributed by atoms with Gasteiger partial charge in [-0.05, 0) is 43.1 Å². The minimum Gasteiger partial charge on any atom is -0.375 e. The molecule has 0 aliphatic heterocycles. The molecule has 0 saturated carbocycles. The van der Waals surface area contributed by atoms with Crippen molar-refractivity contribution in [1.29, 1.82) is 0 Å². The van der Waals surface area contributed by atoms with Crippen LogP contribution in [0.15, 0.2) is 16.5 Å².